The van der Waals surface area contributed by atoms with E-state index in [-0.39, 0.29) is 23.5 Å². The molecule has 3 rings (SSSR count). The molecule has 1 saturated heterocycles. The van der Waals surface area contributed by atoms with Gasteiger partial charge in [-0.15, -0.1) is 11.3 Å². The predicted octanol–water partition coefficient (Wildman–Crippen LogP) is 2.29. The smallest absolute Gasteiger partial charge is 0.271 e. The summed E-state index contributed by atoms with van der Waals surface area (Å²) in [6.07, 6.45) is 1.46. The van der Waals surface area contributed by atoms with Gasteiger partial charge in [-0.3, -0.25) is 4.79 Å². The zero-order valence-electron chi connectivity index (χ0n) is 12.8. The molecule has 1 aliphatic rings. The van der Waals surface area contributed by atoms with Crippen LogP contribution in [0, 0.1) is 0 Å². The van der Waals surface area contributed by atoms with Crippen LogP contribution < -0.4 is 5.32 Å². The highest BCUT2D eigenvalue weighted by Gasteiger charge is 2.29. The quantitative estimate of drug-likeness (QED) is 0.918. The third-order valence-electron chi connectivity index (χ3n) is 3.91. The van der Waals surface area contributed by atoms with E-state index in [1.165, 1.54) is 16.9 Å². The molecule has 1 unspecified atom stereocenters. The first-order valence-corrected chi connectivity index (χ1v) is 10.2. The van der Waals surface area contributed by atoms with Gasteiger partial charge < -0.3 is 5.32 Å². The lowest BCUT2D eigenvalue weighted by Crippen LogP contribution is -2.35. The molecule has 0 bridgehead atoms. The highest BCUT2D eigenvalue weighted by molar-refractivity contribution is 7.91. The number of aromatic nitrogens is 1. The fourth-order valence-corrected chi connectivity index (χ4v) is 5.04. The Labute approximate surface area is 139 Å². The van der Waals surface area contributed by atoms with Crippen molar-refractivity contribution in [2.45, 2.75) is 25.8 Å². The first kappa shape index (κ1) is 16.1. The molecule has 1 N–H and O–H groups in total. The number of aryl methyl sites for hydroxylation is 1. The Hall–Kier alpha value is -1.73. The average molecular weight is 350 g/mol. The number of nitrogens with zero attached hydrogens (tertiary/aromatic N) is 1. The number of nitrogens with one attached hydrogen (secondary N) is 1. The Morgan fingerprint density at radius 2 is 2.09 bits per heavy atom. The highest BCUT2D eigenvalue weighted by Crippen LogP contribution is 2.24. The van der Waals surface area contributed by atoms with Crippen molar-refractivity contribution in [2.24, 2.45) is 0 Å². The number of amides is 1. The molecule has 0 radical (unpaired) electrons. The van der Waals surface area contributed by atoms with Gasteiger partial charge in [0.1, 0.15) is 10.7 Å². The average Bonchev–Trinajstić information content (AvgIpc) is 3.14. The van der Waals surface area contributed by atoms with Gasteiger partial charge in [-0.05, 0) is 18.4 Å². The summed E-state index contributed by atoms with van der Waals surface area (Å²) >= 11 is 1.41. The standard InChI is InChI=1S/C16H18N2O3S2/c1-2-11-3-5-12(6-4-11)16-18-14(9-22-16)15(19)17-13-7-8-23(20,21)10-13/h3-6,9,13H,2,7-8,10H2,1H3,(H,17,19). The Morgan fingerprint density at radius 1 is 1.35 bits per heavy atom. The molecule has 2 heterocycles. The van der Waals surface area contributed by atoms with E-state index in [9.17, 15) is 13.2 Å². The molecule has 1 aromatic heterocycles. The van der Waals surface area contributed by atoms with Crippen LogP contribution >= 0.6 is 11.3 Å². The van der Waals surface area contributed by atoms with Crippen LogP contribution in [0.3, 0.4) is 0 Å². The van der Waals surface area contributed by atoms with Gasteiger partial charge in [0.15, 0.2) is 9.84 Å². The summed E-state index contributed by atoms with van der Waals surface area (Å²) in [6, 6.07) is 7.81. The van der Waals surface area contributed by atoms with Gasteiger partial charge in [0, 0.05) is 17.0 Å². The molecule has 5 nitrogen and oxygen atoms in total. The summed E-state index contributed by atoms with van der Waals surface area (Å²) in [5, 5.41) is 5.26. The lowest BCUT2D eigenvalue weighted by molar-refractivity contribution is 0.0937. The molecular weight excluding hydrogens is 332 g/mol. The molecular formula is C16H18N2O3S2. The summed E-state index contributed by atoms with van der Waals surface area (Å²) in [6.45, 7) is 2.10. The van der Waals surface area contributed by atoms with Crippen molar-refractivity contribution < 1.29 is 13.2 Å². The van der Waals surface area contributed by atoms with E-state index in [2.05, 4.69) is 29.4 Å². The van der Waals surface area contributed by atoms with E-state index in [0.717, 1.165) is 17.0 Å². The fourth-order valence-electron chi connectivity index (χ4n) is 2.56. The fraction of sp³-hybridized carbons (Fsp3) is 0.375. The van der Waals surface area contributed by atoms with E-state index in [1.807, 2.05) is 12.1 Å². The molecule has 1 aromatic carbocycles. The van der Waals surface area contributed by atoms with Crippen LogP contribution in [0.1, 0.15) is 29.4 Å². The summed E-state index contributed by atoms with van der Waals surface area (Å²) < 4.78 is 22.9. The first-order chi connectivity index (χ1) is 11.0. The van der Waals surface area contributed by atoms with Crippen molar-refractivity contribution >= 4 is 27.1 Å². The Kier molecular flexibility index (Phi) is 4.50. The number of hydrogen-bond acceptors (Lipinski definition) is 5. The molecule has 0 spiro atoms. The molecule has 1 amide bonds. The predicted molar refractivity (Wildman–Crippen MR) is 91.5 cm³/mol. The minimum atomic E-state index is -3.00. The number of benzene rings is 1. The number of hydrogen-bond donors (Lipinski definition) is 1. The second kappa shape index (κ2) is 6.41. The highest BCUT2D eigenvalue weighted by atomic mass is 32.2. The molecule has 0 saturated carbocycles. The molecule has 0 aliphatic carbocycles. The van der Waals surface area contributed by atoms with Crippen LogP contribution in [0.25, 0.3) is 10.6 Å². The zero-order valence-corrected chi connectivity index (χ0v) is 14.4. The summed E-state index contributed by atoms with van der Waals surface area (Å²) in [5.41, 5.74) is 2.58. The third-order valence-corrected chi connectivity index (χ3v) is 6.57. The minimum Gasteiger partial charge on any atom is -0.347 e. The second-order valence-corrected chi connectivity index (χ2v) is 8.75. The molecule has 1 aliphatic heterocycles. The Morgan fingerprint density at radius 3 is 2.70 bits per heavy atom. The minimum absolute atomic E-state index is 0.0220. The van der Waals surface area contributed by atoms with Crippen molar-refractivity contribution in [1.82, 2.24) is 10.3 Å². The van der Waals surface area contributed by atoms with Crippen molar-refractivity contribution in [3.63, 3.8) is 0 Å². The van der Waals surface area contributed by atoms with Gasteiger partial charge in [0.2, 0.25) is 0 Å². The Balaban J connectivity index is 1.69. The molecule has 23 heavy (non-hydrogen) atoms. The number of rotatable bonds is 4. The molecule has 122 valence electrons. The third kappa shape index (κ3) is 3.79. The van der Waals surface area contributed by atoms with Crippen LogP contribution in [0.2, 0.25) is 0 Å². The van der Waals surface area contributed by atoms with Gasteiger partial charge in [-0.1, -0.05) is 31.2 Å². The number of sulfone groups is 1. The topological polar surface area (TPSA) is 76.1 Å². The molecule has 1 fully saturated rings. The largest absolute Gasteiger partial charge is 0.347 e. The maximum Gasteiger partial charge on any atom is 0.271 e. The zero-order chi connectivity index (χ0) is 16.4. The van der Waals surface area contributed by atoms with Gasteiger partial charge in [-0.25, -0.2) is 13.4 Å². The summed E-state index contributed by atoms with van der Waals surface area (Å²) in [7, 11) is -3.00. The van der Waals surface area contributed by atoms with Crippen LogP contribution in [0.5, 0.6) is 0 Å². The lowest BCUT2D eigenvalue weighted by atomic mass is 10.1. The molecule has 1 atom stereocenters. The summed E-state index contributed by atoms with van der Waals surface area (Å²) in [4.78, 5) is 16.6. The van der Waals surface area contributed by atoms with Crippen LogP contribution in [0.15, 0.2) is 29.6 Å². The maximum absolute atomic E-state index is 12.2. The van der Waals surface area contributed by atoms with Crippen molar-refractivity contribution in [1.29, 1.82) is 0 Å². The normalized spacial score (nSPS) is 19.6. The van der Waals surface area contributed by atoms with Gasteiger partial charge >= 0.3 is 0 Å². The SMILES string of the molecule is CCc1ccc(-c2nc(C(=O)NC3CCS(=O)(=O)C3)cs2)cc1. The van der Waals surface area contributed by atoms with E-state index >= 15 is 0 Å². The van der Waals surface area contributed by atoms with Crippen LogP contribution in [-0.2, 0) is 16.3 Å². The van der Waals surface area contributed by atoms with E-state index in [0.29, 0.717) is 12.1 Å². The number of carbonyl (C=O) groups excluding carboxylic acids is 1. The van der Waals surface area contributed by atoms with Crippen LogP contribution in [0.4, 0.5) is 0 Å². The number of carbonyl (C=O) groups is 1. The Bertz CT molecular complexity index is 810. The lowest BCUT2D eigenvalue weighted by Gasteiger charge is -2.08. The number of thiazole rings is 1. The maximum atomic E-state index is 12.2. The van der Waals surface area contributed by atoms with Crippen molar-refractivity contribution in [3.05, 3.63) is 40.9 Å². The van der Waals surface area contributed by atoms with Gasteiger partial charge in [0.25, 0.3) is 5.91 Å². The van der Waals surface area contributed by atoms with E-state index in [1.54, 1.807) is 5.38 Å². The molecule has 7 heteroatoms. The first-order valence-electron chi connectivity index (χ1n) is 7.53. The van der Waals surface area contributed by atoms with E-state index in [4.69, 9.17) is 0 Å². The van der Waals surface area contributed by atoms with Crippen LogP contribution in [-0.4, -0.2) is 36.9 Å². The second-order valence-electron chi connectivity index (χ2n) is 5.66. The summed E-state index contributed by atoms with van der Waals surface area (Å²) in [5.74, 6) is -0.141. The van der Waals surface area contributed by atoms with E-state index < -0.39 is 9.84 Å². The monoisotopic (exact) mass is 350 g/mol. The van der Waals surface area contributed by atoms with Gasteiger partial charge in [-0.2, -0.15) is 0 Å². The van der Waals surface area contributed by atoms with Gasteiger partial charge in [0.05, 0.1) is 11.5 Å². The van der Waals surface area contributed by atoms with Crippen molar-refractivity contribution in [2.75, 3.05) is 11.5 Å². The van der Waals surface area contributed by atoms with Crippen molar-refractivity contribution in [3.8, 4) is 10.6 Å². The molecule has 2 aromatic rings.